The lowest BCUT2D eigenvalue weighted by atomic mass is 10.1. The van der Waals surface area contributed by atoms with Gasteiger partial charge in [-0.25, -0.2) is 0 Å². The molecule has 0 heterocycles. The summed E-state index contributed by atoms with van der Waals surface area (Å²) in [6.45, 7) is 4.94. The lowest BCUT2D eigenvalue weighted by Gasteiger charge is -2.11. The summed E-state index contributed by atoms with van der Waals surface area (Å²) in [5, 5.41) is 5.77. The molecule has 33 heavy (non-hydrogen) atoms. The minimum Gasteiger partial charge on any atom is -0.492 e. The Labute approximate surface area is 203 Å². The summed E-state index contributed by atoms with van der Waals surface area (Å²) in [7, 11) is 0. The molecule has 0 saturated carbocycles. The molecular formula is C27H29BrN2O3. The van der Waals surface area contributed by atoms with E-state index in [4.69, 9.17) is 4.74 Å². The minimum absolute atomic E-state index is 0.0452. The molecule has 0 aromatic heterocycles. The number of carbonyl (C=O) groups is 2. The number of ether oxygens (including phenoxy) is 1. The molecule has 5 nitrogen and oxygen atoms in total. The van der Waals surface area contributed by atoms with Crippen LogP contribution in [0.4, 0.5) is 11.4 Å². The third-order valence-corrected chi connectivity index (χ3v) is 5.68. The van der Waals surface area contributed by atoms with Crippen molar-refractivity contribution in [2.45, 2.75) is 33.1 Å². The summed E-state index contributed by atoms with van der Waals surface area (Å²) in [6, 6.07) is 22.3. The Bertz CT molecular complexity index is 1070. The predicted octanol–water partition coefficient (Wildman–Crippen LogP) is 6.70. The van der Waals surface area contributed by atoms with Gasteiger partial charge in [0.05, 0.1) is 11.1 Å². The number of rotatable bonds is 10. The smallest absolute Gasteiger partial charge is 0.255 e. The van der Waals surface area contributed by atoms with Crippen LogP contribution in [0.15, 0.2) is 77.3 Å². The van der Waals surface area contributed by atoms with Crippen LogP contribution in [0, 0.1) is 5.92 Å². The van der Waals surface area contributed by atoms with Crippen molar-refractivity contribution in [3.8, 4) is 5.75 Å². The van der Waals surface area contributed by atoms with Crippen molar-refractivity contribution in [1.82, 2.24) is 0 Å². The predicted molar refractivity (Wildman–Crippen MR) is 137 cm³/mol. The maximum atomic E-state index is 12.6. The van der Waals surface area contributed by atoms with Crippen molar-refractivity contribution >= 4 is 39.1 Å². The number of amides is 2. The monoisotopic (exact) mass is 508 g/mol. The summed E-state index contributed by atoms with van der Waals surface area (Å²) >= 11 is 3.48. The molecule has 0 aliphatic rings. The molecule has 0 aliphatic carbocycles. The van der Waals surface area contributed by atoms with Gasteiger partial charge in [0.25, 0.3) is 5.91 Å². The SMILES string of the molecule is CC(C)CCOc1ccc(C(=O)Nc2ccc(NC(=O)CCc3ccccc3)cc2)cc1Br. The number of aryl methyl sites for hydroxylation is 1. The highest BCUT2D eigenvalue weighted by Gasteiger charge is 2.11. The average Bonchev–Trinajstić information content (AvgIpc) is 2.80. The van der Waals surface area contributed by atoms with Gasteiger partial charge in [-0.2, -0.15) is 0 Å². The normalized spacial score (nSPS) is 10.7. The summed E-state index contributed by atoms with van der Waals surface area (Å²) in [4.78, 5) is 24.8. The van der Waals surface area contributed by atoms with E-state index < -0.39 is 0 Å². The van der Waals surface area contributed by atoms with Crippen molar-refractivity contribution in [3.63, 3.8) is 0 Å². The van der Waals surface area contributed by atoms with Gasteiger partial charge < -0.3 is 15.4 Å². The molecule has 172 valence electrons. The van der Waals surface area contributed by atoms with Crippen molar-refractivity contribution in [3.05, 3.63) is 88.4 Å². The van der Waals surface area contributed by atoms with Gasteiger partial charge in [0, 0.05) is 23.4 Å². The van der Waals surface area contributed by atoms with E-state index >= 15 is 0 Å². The van der Waals surface area contributed by atoms with E-state index in [9.17, 15) is 9.59 Å². The van der Waals surface area contributed by atoms with Crippen LogP contribution in [-0.4, -0.2) is 18.4 Å². The molecule has 3 aromatic carbocycles. The van der Waals surface area contributed by atoms with E-state index in [2.05, 4.69) is 40.4 Å². The molecule has 0 radical (unpaired) electrons. The number of benzene rings is 3. The number of anilines is 2. The van der Waals surface area contributed by atoms with Crippen LogP contribution in [0.1, 0.15) is 42.6 Å². The van der Waals surface area contributed by atoms with E-state index in [-0.39, 0.29) is 11.8 Å². The van der Waals surface area contributed by atoms with Gasteiger partial charge >= 0.3 is 0 Å². The van der Waals surface area contributed by atoms with E-state index in [1.807, 2.05) is 30.3 Å². The van der Waals surface area contributed by atoms with Crippen LogP contribution in [0.3, 0.4) is 0 Å². The maximum Gasteiger partial charge on any atom is 0.255 e. The third-order valence-electron chi connectivity index (χ3n) is 5.06. The summed E-state index contributed by atoms with van der Waals surface area (Å²) in [5.41, 5.74) is 3.00. The molecule has 0 fully saturated rings. The standard InChI is InChI=1S/C27H29BrN2O3/c1-19(2)16-17-33-25-14-9-21(18-24(25)28)27(32)30-23-12-10-22(11-13-23)29-26(31)15-8-20-6-4-3-5-7-20/h3-7,9-14,18-19H,8,15-17H2,1-2H3,(H,29,31)(H,30,32). The van der Waals surface area contributed by atoms with Crippen LogP contribution >= 0.6 is 15.9 Å². The van der Waals surface area contributed by atoms with E-state index in [1.54, 1.807) is 42.5 Å². The number of halogens is 1. The van der Waals surface area contributed by atoms with Crippen molar-refractivity contribution in [2.75, 3.05) is 17.2 Å². The highest BCUT2D eigenvalue weighted by Crippen LogP contribution is 2.27. The second-order valence-corrected chi connectivity index (χ2v) is 9.10. The Kier molecular flexibility index (Phi) is 9.07. The number of nitrogens with one attached hydrogen (secondary N) is 2. The van der Waals surface area contributed by atoms with E-state index in [1.165, 1.54) is 0 Å². The second kappa shape index (κ2) is 12.2. The molecule has 0 unspecified atom stereocenters. The van der Waals surface area contributed by atoms with Gasteiger partial charge in [-0.05, 0) is 82.7 Å². The topological polar surface area (TPSA) is 67.4 Å². The highest BCUT2D eigenvalue weighted by molar-refractivity contribution is 9.10. The van der Waals surface area contributed by atoms with Crippen LogP contribution in [0.25, 0.3) is 0 Å². The van der Waals surface area contributed by atoms with Crippen LogP contribution in [-0.2, 0) is 11.2 Å². The molecule has 6 heteroatoms. The zero-order valence-electron chi connectivity index (χ0n) is 18.9. The fourth-order valence-corrected chi connectivity index (χ4v) is 3.62. The molecule has 0 bridgehead atoms. The Morgan fingerprint density at radius 3 is 2.21 bits per heavy atom. The van der Waals surface area contributed by atoms with Gasteiger partial charge in [-0.1, -0.05) is 44.2 Å². The van der Waals surface area contributed by atoms with E-state index in [0.717, 1.165) is 22.2 Å². The van der Waals surface area contributed by atoms with Crippen LogP contribution in [0.5, 0.6) is 5.75 Å². The quantitative estimate of drug-likeness (QED) is 0.320. The Morgan fingerprint density at radius 1 is 0.909 bits per heavy atom. The minimum atomic E-state index is -0.218. The first-order valence-electron chi connectivity index (χ1n) is 11.1. The lowest BCUT2D eigenvalue weighted by molar-refractivity contribution is -0.116. The lowest BCUT2D eigenvalue weighted by Crippen LogP contribution is -2.13. The summed E-state index contributed by atoms with van der Waals surface area (Å²) < 4.78 is 6.52. The fourth-order valence-electron chi connectivity index (χ4n) is 3.13. The van der Waals surface area contributed by atoms with Gasteiger partial charge in [0.2, 0.25) is 5.91 Å². The molecule has 0 aliphatic heterocycles. The Hall–Kier alpha value is -3.12. The number of hydrogen-bond acceptors (Lipinski definition) is 3. The number of hydrogen-bond donors (Lipinski definition) is 2. The maximum absolute atomic E-state index is 12.6. The molecule has 3 rings (SSSR count). The van der Waals surface area contributed by atoms with Gasteiger partial charge in [0.1, 0.15) is 5.75 Å². The Morgan fingerprint density at radius 2 is 1.58 bits per heavy atom. The van der Waals surface area contributed by atoms with Gasteiger partial charge in [-0.15, -0.1) is 0 Å². The van der Waals surface area contributed by atoms with Crippen LogP contribution < -0.4 is 15.4 Å². The van der Waals surface area contributed by atoms with Crippen molar-refractivity contribution in [1.29, 1.82) is 0 Å². The van der Waals surface area contributed by atoms with Crippen molar-refractivity contribution in [2.24, 2.45) is 5.92 Å². The summed E-state index contributed by atoms with van der Waals surface area (Å²) in [5.74, 6) is 1.03. The second-order valence-electron chi connectivity index (χ2n) is 8.24. The summed E-state index contributed by atoms with van der Waals surface area (Å²) in [6.07, 6.45) is 2.07. The average molecular weight is 509 g/mol. The highest BCUT2D eigenvalue weighted by atomic mass is 79.9. The Balaban J connectivity index is 1.50. The molecule has 2 amide bonds. The molecule has 0 saturated heterocycles. The number of carbonyl (C=O) groups excluding carboxylic acids is 2. The molecule has 3 aromatic rings. The van der Waals surface area contributed by atoms with Crippen molar-refractivity contribution < 1.29 is 14.3 Å². The van der Waals surface area contributed by atoms with Gasteiger partial charge in [-0.3, -0.25) is 9.59 Å². The molecule has 2 N–H and O–H groups in total. The largest absolute Gasteiger partial charge is 0.492 e. The molecule has 0 atom stereocenters. The fraction of sp³-hybridized carbons (Fsp3) is 0.259. The first kappa shape index (κ1) is 24.5. The third kappa shape index (κ3) is 8.06. The zero-order valence-corrected chi connectivity index (χ0v) is 20.5. The first-order chi connectivity index (χ1) is 15.9. The molecular weight excluding hydrogens is 480 g/mol. The molecule has 0 spiro atoms. The zero-order chi connectivity index (χ0) is 23.6. The van der Waals surface area contributed by atoms with Crippen LogP contribution in [0.2, 0.25) is 0 Å². The first-order valence-corrected chi connectivity index (χ1v) is 11.9. The van der Waals surface area contributed by atoms with E-state index in [0.29, 0.717) is 42.3 Å². The van der Waals surface area contributed by atoms with Gasteiger partial charge in [0.15, 0.2) is 0 Å².